The molecule has 0 amide bonds. The fourth-order valence-corrected chi connectivity index (χ4v) is 2.35. The highest BCUT2D eigenvalue weighted by Gasteiger charge is 2.26. The van der Waals surface area contributed by atoms with Crippen LogP contribution in [0.1, 0.15) is 31.4 Å². The van der Waals surface area contributed by atoms with Crippen LogP contribution in [0.2, 0.25) is 0 Å². The van der Waals surface area contributed by atoms with Gasteiger partial charge in [0.25, 0.3) is 0 Å². The standard InChI is InChI=1S/C15H16O3/c1-3-18-15(17)13-9-8-11-6-4-5-7-12(11)14(13)10(2)16/h4-7H,3,8-9H2,1-2H3. The molecule has 0 bridgehead atoms. The fourth-order valence-electron chi connectivity index (χ4n) is 2.35. The Kier molecular flexibility index (Phi) is 3.60. The van der Waals surface area contributed by atoms with Crippen molar-refractivity contribution < 1.29 is 14.3 Å². The summed E-state index contributed by atoms with van der Waals surface area (Å²) in [5.41, 5.74) is 3.04. The monoisotopic (exact) mass is 244 g/mol. The van der Waals surface area contributed by atoms with E-state index in [1.807, 2.05) is 24.3 Å². The van der Waals surface area contributed by atoms with Crippen LogP contribution in [-0.4, -0.2) is 18.4 Å². The average Bonchev–Trinajstić information content (AvgIpc) is 2.37. The summed E-state index contributed by atoms with van der Waals surface area (Å²) in [5.74, 6) is -0.442. The lowest BCUT2D eigenvalue weighted by Gasteiger charge is -2.20. The predicted molar refractivity (Wildman–Crippen MR) is 69.0 cm³/mol. The van der Waals surface area contributed by atoms with E-state index >= 15 is 0 Å². The Hall–Kier alpha value is -1.90. The van der Waals surface area contributed by atoms with Crippen molar-refractivity contribution in [2.75, 3.05) is 6.61 Å². The molecule has 0 spiro atoms. The summed E-state index contributed by atoms with van der Waals surface area (Å²) >= 11 is 0. The summed E-state index contributed by atoms with van der Waals surface area (Å²) in [6, 6.07) is 7.73. The molecule has 3 heteroatoms. The summed E-state index contributed by atoms with van der Waals surface area (Å²) in [5, 5.41) is 0. The molecule has 1 aliphatic rings. The van der Waals surface area contributed by atoms with Gasteiger partial charge in [-0.2, -0.15) is 0 Å². The number of ketones is 1. The molecule has 0 radical (unpaired) electrons. The lowest BCUT2D eigenvalue weighted by atomic mass is 9.84. The van der Waals surface area contributed by atoms with Crippen molar-refractivity contribution in [3.8, 4) is 0 Å². The summed E-state index contributed by atoms with van der Waals surface area (Å²) in [6.45, 7) is 3.59. The minimum atomic E-state index is -0.364. The van der Waals surface area contributed by atoms with E-state index in [-0.39, 0.29) is 11.8 Å². The molecule has 0 aliphatic heterocycles. The molecule has 0 N–H and O–H groups in total. The lowest BCUT2D eigenvalue weighted by molar-refractivity contribution is -0.138. The number of ether oxygens (including phenoxy) is 1. The van der Waals surface area contributed by atoms with Crippen molar-refractivity contribution in [1.29, 1.82) is 0 Å². The molecule has 2 rings (SSSR count). The van der Waals surface area contributed by atoms with Gasteiger partial charge in [0, 0.05) is 11.1 Å². The molecule has 3 nitrogen and oxygen atoms in total. The van der Waals surface area contributed by atoms with Crippen LogP contribution in [0.25, 0.3) is 5.57 Å². The van der Waals surface area contributed by atoms with E-state index in [9.17, 15) is 9.59 Å². The Bertz CT molecular complexity index is 526. The highest BCUT2D eigenvalue weighted by molar-refractivity contribution is 6.25. The minimum absolute atomic E-state index is 0.0785. The topological polar surface area (TPSA) is 43.4 Å². The van der Waals surface area contributed by atoms with E-state index in [0.29, 0.717) is 24.2 Å². The zero-order valence-corrected chi connectivity index (χ0v) is 10.7. The van der Waals surface area contributed by atoms with Crippen molar-refractivity contribution in [2.45, 2.75) is 26.7 Å². The molecular formula is C15H16O3. The highest BCUT2D eigenvalue weighted by atomic mass is 16.5. The first kappa shape index (κ1) is 12.6. The van der Waals surface area contributed by atoms with Gasteiger partial charge < -0.3 is 4.74 Å². The Balaban J connectivity index is 2.54. The maximum atomic E-state index is 11.9. The number of carbonyl (C=O) groups excluding carboxylic acids is 2. The van der Waals surface area contributed by atoms with Gasteiger partial charge in [-0.1, -0.05) is 24.3 Å². The number of aryl methyl sites for hydroxylation is 1. The molecule has 0 atom stereocenters. The SMILES string of the molecule is CCOC(=O)C1=C(C(C)=O)c2ccccc2CC1. The third-order valence-electron chi connectivity index (χ3n) is 3.11. The Morgan fingerprint density at radius 2 is 1.94 bits per heavy atom. The Morgan fingerprint density at radius 3 is 2.61 bits per heavy atom. The number of hydrogen-bond donors (Lipinski definition) is 0. The molecule has 0 heterocycles. The molecule has 18 heavy (non-hydrogen) atoms. The average molecular weight is 244 g/mol. The van der Waals surface area contributed by atoms with E-state index < -0.39 is 0 Å². The summed E-state index contributed by atoms with van der Waals surface area (Å²) in [7, 11) is 0. The molecule has 0 fully saturated rings. The molecule has 1 aromatic carbocycles. The van der Waals surface area contributed by atoms with Crippen LogP contribution in [0.15, 0.2) is 29.8 Å². The minimum Gasteiger partial charge on any atom is -0.463 e. The van der Waals surface area contributed by atoms with Crippen LogP contribution in [0.3, 0.4) is 0 Å². The zero-order chi connectivity index (χ0) is 13.1. The fraction of sp³-hybridized carbons (Fsp3) is 0.333. The van der Waals surface area contributed by atoms with Crippen LogP contribution < -0.4 is 0 Å². The molecule has 0 saturated carbocycles. The number of fused-ring (bicyclic) bond motifs is 1. The summed E-state index contributed by atoms with van der Waals surface area (Å²) in [6.07, 6.45) is 1.35. The molecule has 0 aromatic heterocycles. The highest BCUT2D eigenvalue weighted by Crippen LogP contribution is 2.32. The number of rotatable bonds is 3. The second-order valence-electron chi connectivity index (χ2n) is 4.29. The molecule has 1 aromatic rings. The van der Waals surface area contributed by atoms with Crippen LogP contribution in [-0.2, 0) is 20.7 Å². The van der Waals surface area contributed by atoms with Crippen LogP contribution in [0.4, 0.5) is 0 Å². The van der Waals surface area contributed by atoms with Gasteiger partial charge >= 0.3 is 5.97 Å². The van der Waals surface area contributed by atoms with E-state index in [0.717, 1.165) is 17.5 Å². The Morgan fingerprint density at radius 1 is 1.22 bits per heavy atom. The first-order valence-electron chi connectivity index (χ1n) is 6.14. The summed E-state index contributed by atoms with van der Waals surface area (Å²) < 4.78 is 5.03. The predicted octanol–water partition coefficient (Wildman–Crippen LogP) is 2.54. The van der Waals surface area contributed by atoms with E-state index in [2.05, 4.69) is 0 Å². The largest absolute Gasteiger partial charge is 0.463 e. The quantitative estimate of drug-likeness (QED) is 0.767. The number of carbonyl (C=O) groups is 2. The number of benzene rings is 1. The number of hydrogen-bond acceptors (Lipinski definition) is 3. The van der Waals surface area contributed by atoms with Crippen LogP contribution >= 0.6 is 0 Å². The first-order chi connectivity index (χ1) is 8.65. The van der Waals surface area contributed by atoms with Gasteiger partial charge in [0.2, 0.25) is 0 Å². The van der Waals surface area contributed by atoms with Crippen molar-refractivity contribution in [3.05, 3.63) is 41.0 Å². The van der Waals surface area contributed by atoms with E-state index in [1.165, 1.54) is 6.92 Å². The van der Waals surface area contributed by atoms with Crippen molar-refractivity contribution >= 4 is 17.3 Å². The van der Waals surface area contributed by atoms with Gasteiger partial charge in [0.15, 0.2) is 5.78 Å². The maximum Gasteiger partial charge on any atom is 0.334 e. The molecule has 0 saturated heterocycles. The van der Waals surface area contributed by atoms with E-state index in [1.54, 1.807) is 6.92 Å². The van der Waals surface area contributed by atoms with Gasteiger partial charge in [-0.25, -0.2) is 4.79 Å². The summed E-state index contributed by atoms with van der Waals surface area (Å²) in [4.78, 5) is 23.7. The number of esters is 1. The number of allylic oxidation sites excluding steroid dienone is 1. The van der Waals surface area contributed by atoms with Gasteiger partial charge in [0.05, 0.1) is 6.61 Å². The van der Waals surface area contributed by atoms with Crippen LogP contribution in [0.5, 0.6) is 0 Å². The van der Waals surface area contributed by atoms with Crippen molar-refractivity contribution in [1.82, 2.24) is 0 Å². The third-order valence-corrected chi connectivity index (χ3v) is 3.11. The second kappa shape index (κ2) is 5.17. The zero-order valence-electron chi connectivity index (χ0n) is 10.7. The Labute approximate surface area is 106 Å². The lowest BCUT2D eigenvalue weighted by Crippen LogP contribution is -2.18. The smallest absolute Gasteiger partial charge is 0.334 e. The van der Waals surface area contributed by atoms with Gasteiger partial charge in [-0.05, 0) is 37.8 Å². The van der Waals surface area contributed by atoms with Gasteiger partial charge in [-0.15, -0.1) is 0 Å². The maximum absolute atomic E-state index is 11.9. The van der Waals surface area contributed by atoms with Crippen molar-refractivity contribution in [2.24, 2.45) is 0 Å². The van der Waals surface area contributed by atoms with E-state index in [4.69, 9.17) is 4.74 Å². The number of Topliss-reactive ketones (excluding diaryl/α,β-unsaturated/α-hetero) is 1. The molecule has 94 valence electrons. The normalized spacial score (nSPS) is 14.1. The van der Waals surface area contributed by atoms with Gasteiger partial charge in [-0.3, -0.25) is 4.79 Å². The van der Waals surface area contributed by atoms with Crippen molar-refractivity contribution in [3.63, 3.8) is 0 Å². The molecule has 1 aliphatic carbocycles. The molecular weight excluding hydrogens is 228 g/mol. The van der Waals surface area contributed by atoms with Crippen LogP contribution in [0, 0.1) is 0 Å². The van der Waals surface area contributed by atoms with Gasteiger partial charge in [0.1, 0.15) is 0 Å². The molecule has 0 unspecified atom stereocenters. The third kappa shape index (κ3) is 2.21. The second-order valence-corrected chi connectivity index (χ2v) is 4.29. The first-order valence-corrected chi connectivity index (χ1v) is 6.14.